The fourth-order valence-electron chi connectivity index (χ4n) is 3.43. The van der Waals surface area contributed by atoms with Crippen LogP contribution in [0.2, 0.25) is 0 Å². The lowest BCUT2D eigenvalue weighted by Crippen LogP contribution is -2.29. The number of anilines is 1. The molecule has 2 aromatic carbocycles. The van der Waals surface area contributed by atoms with Crippen molar-refractivity contribution in [2.45, 2.75) is 19.8 Å². The van der Waals surface area contributed by atoms with Gasteiger partial charge in [0.15, 0.2) is 0 Å². The fraction of sp³-hybridized carbons (Fsp3) is 0.227. The van der Waals surface area contributed by atoms with Gasteiger partial charge in [-0.25, -0.2) is 9.78 Å². The molecule has 0 aliphatic heterocycles. The number of aromatic nitrogens is 3. The highest BCUT2D eigenvalue weighted by atomic mass is 16.2. The Hall–Kier alpha value is -3.61. The molecule has 148 valence electrons. The number of para-hydroxylation sites is 1. The minimum Gasteiger partial charge on any atom is -0.350 e. The highest BCUT2D eigenvalue weighted by Gasteiger charge is 2.14. The van der Waals surface area contributed by atoms with E-state index >= 15 is 0 Å². The van der Waals surface area contributed by atoms with Crippen molar-refractivity contribution in [2.75, 3.05) is 11.9 Å². The Morgan fingerprint density at radius 3 is 2.86 bits per heavy atom. The van der Waals surface area contributed by atoms with E-state index in [1.807, 2.05) is 42.1 Å². The molecule has 4 rings (SSSR count). The van der Waals surface area contributed by atoms with Crippen LogP contribution in [0.25, 0.3) is 33.2 Å². The summed E-state index contributed by atoms with van der Waals surface area (Å²) >= 11 is 0. The predicted molar refractivity (Wildman–Crippen MR) is 116 cm³/mol. The number of H-pyrrole nitrogens is 1. The summed E-state index contributed by atoms with van der Waals surface area (Å²) in [7, 11) is 1.95. The van der Waals surface area contributed by atoms with Crippen molar-refractivity contribution < 1.29 is 4.79 Å². The monoisotopic (exact) mass is 389 g/mol. The number of rotatable bonds is 5. The highest BCUT2D eigenvalue weighted by molar-refractivity contribution is 5.96. The molecule has 0 fully saturated rings. The Labute approximate surface area is 167 Å². The Kier molecular flexibility index (Phi) is 5.03. The summed E-state index contributed by atoms with van der Waals surface area (Å²) in [6.45, 7) is 2.70. The van der Waals surface area contributed by atoms with E-state index in [-0.39, 0.29) is 11.6 Å². The maximum atomic E-state index is 12.8. The number of amides is 2. The van der Waals surface area contributed by atoms with E-state index in [1.54, 1.807) is 18.2 Å². The number of aromatic amines is 1. The van der Waals surface area contributed by atoms with Gasteiger partial charge >= 0.3 is 6.03 Å². The van der Waals surface area contributed by atoms with E-state index in [2.05, 4.69) is 27.5 Å². The molecule has 7 heteroatoms. The van der Waals surface area contributed by atoms with Gasteiger partial charge in [0.2, 0.25) is 0 Å². The van der Waals surface area contributed by atoms with Crippen molar-refractivity contribution in [3.8, 4) is 11.3 Å². The van der Waals surface area contributed by atoms with Gasteiger partial charge in [-0.2, -0.15) is 0 Å². The quantitative estimate of drug-likeness (QED) is 0.451. The number of unbranched alkanes of at least 4 members (excludes halogenated alkanes) is 1. The van der Waals surface area contributed by atoms with E-state index in [4.69, 9.17) is 0 Å². The number of fused-ring (bicyclic) bond motifs is 2. The Balaban J connectivity index is 1.68. The third-order valence-electron chi connectivity index (χ3n) is 4.92. The standard InChI is InChI=1S/C22H23N5O2/c1-3-4-11-23-22(29)24-14-9-10-17-18(12-14)26-21(28)20(25-17)16-13-27(2)19-8-6-5-7-15(16)19/h5-10,12-13H,3-4,11H2,1-2H3,(H,26,28)(H2,23,24,29). The number of aryl methyl sites for hydroxylation is 1. The fourth-order valence-corrected chi connectivity index (χ4v) is 3.43. The highest BCUT2D eigenvalue weighted by Crippen LogP contribution is 2.28. The molecule has 0 saturated carbocycles. The van der Waals surface area contributed by atoms with Crippen LogP contribution in [0.15, 0.2) is 53.5 Å². The SMILES string of the molecule is CCCCNC(=O)Nc1ccc2nc(-c3cn(C)c4ccccc34)c(=O)[nH]c2c1. The third kappa shape index (κ3) is 3.71. The molecular formula is C22H23N5O2. The average Bonchev–Trinajstić information content (AvgIpc) is 3.04. The molecule has 0 aliphatic carbocycles. The maximum Gasteiger partial charge on any atom is 0.319 e. The number of urea groups is 1. The largest absolute Gasteiger partial charge is 0.350 e. The summed E-state index contributed by atoms with van der Waals surface area (Å²) in [4.78, 5) is 32.2. The first kappa shape index (κ1) is 18.7. The molecule has 0 unspecified atom stereocenters. The molecule has 0 saturated heterocycles. The van der Waals surface area contributed by atoms with Crippen molar-refractivity contribution in [1.82, 2.24) is 19.9 Å². The Bertz CT molecular complexity index is 1260. The molecule has 0 aliphatic rings. The van der Waals surface area contributed by atoms with Gasteiger partial charge in [0, 0.05) is 41.9 Å². The second-order valence-corrected chi connectivity index (χ2v) is 7.05. The van der Waals surface area contributed by atoms with Gasteiger partial charge in [-0.3, -0.25) is 4.79 Å². The second-order valence-electron chi connectivity index (χ2n) is 7.05. The molecule has 0 radical (unpaired) electrons. The first-order valence-corrected chi connectivity index (χ1v) is 9.70. The normalized spacial score (nSPS) is 11.1. The summed E-state index contributed by atoms with van der Waals surface area (Å²) in [5.74, 6) is 0. The third-order valence-corrected chi connectivity index (χ3v) is 4.92. The summed E-state index contributed by atoms with van der Waals surface area (Å²) < 4.78 is 1.99. The Morgan fingerprint density at radius 1 is 1.21 bits per heavy atom. The molecule has 2 heterocycles. The van der Waals surface area contributed by atoms with Crippen LogP contribution in [0.4, 0.5) is 10.5 Å². The average molecular weight is 389 g/mol. The van der Waals surface area contributed by atoms with Gasteiger partial charge in [0.25, 0.3) is 5.56 Å². The van der Waals surface area contributed by atoms with E-state index in [1.165, 1.54) is 0 Å². The van der Waals surface area contributed by atoms with E-state index < -0.39 is 0 Å². The van der Waals surface area contributed by atoms with Crippen LogP contribution in [-0.4, -0.2) is 27.1 Å². The van der Waals surface area contributed by atoms with Crippen molar-refractivity contribution in [1.29, 1.82) is 0 Å². The lowest BCUT2D eigenvalue weighted by molar-refractivity contribution is 0.252. The number of nitrogens with zero attached hydrogens (tertiary/aromatic N) is 2. The zero-order valence-electron chi connectivity index (χ0n) is 16.5. The van der Waals surface area contributed by atoms with Crippen LogP contribution in [0.3, 0.4) is 0 Å². The number of hydrogen-bond donors (Lipinski definition) is 3. The van der Waals surface area contributed by atoms with Crippen LogP contribution >= 0.6 is 0 Å². The molecule has 0 bridgehead atoms. The summed E-state index contributed by atoms with van der Waals surface area (Å²) in [6, 6.07) is 12.9. The minimum atomic E-state index is -0.265. The second kappa shape index (κ2) is 7.79. The molecule has 2 aromatic heterocycles. The van der Waals surface area contributed by atoms with Crippen LogP contribution < -0.4 is 16.2 Å². The lowest BCUT2D eigenvalue weighted by Gasteiger charge is -2.08. The Morgan fingerprint density at radius 2 is 2.03 bits per heavy atom. The summed E-state index contributed by atoms with van der Waals surface area (Å²) in [5, 5.41) is 6.57. The van der Waals surface area contributed by atoms with Gasteiger partial charge < -0.3 is 20.2 Å². The molecule has 0 spiro atoms. The first-order valence-electron chi connectivity index (χ1n) is 9.70. The zero-order chi connectivity index (χ0) is 20.4. The van der Waals surface area contributed by atoms with E-state index in [0.29, 0.717) is 29.0 Å². The summed E-state index contributed by atoms with van der Waals surface area (Å²) in [5.41, 5.74) is 3.78. The number of benzene rings is 2. The summed E-state index contributed by atoms with van der Waals surface area (Å²) in [6.07, 6.45) is 3.87. The van der Waals surface area contributed by atoms with Crippen molar-refractivity contribution >= 4 is 33.7 Å². The van der Waals surface area contributed by atoms with Crippen LogP contribution in [0.1, 0.15) is 19.8 Å². The van der Waals surface area contributed by atoms with Gasteiger partial charge in [-0.1, -0.05) is 31.5 Å². The molecule has 4 aromatic rings. The van der Waals surface area contributed by atoms with E-state index in [0.717, 1.165) is 29.3 Å². The first-order chi connectivity index (χ1) is 14.1. The van der Waals surface area contributed by atoms with Crippen molar-refractivity contribution in [3.63, 3.8) is 0 Å². The lowest BCUT2D eigenvalue weighted by atomic mass is 10.1. The molecular weight excluding hydrogens is 366 g/mol. The number of carbonyl (C=O) groups excluding carboxylic acids is 1. The van der Waals surface area contributed by atoms with Crippen LogP contribution in [0.5, 0.6) is 0 Å². The molecule has 3 N–H and O–H groups in total. The zero-order valence-corrected chi connectivity index (χ0v) is 16.5. The van der Waals surface area contributed by atoms with Gasteiger partial charge in [0.05, 0.1) is 11.0 Å². The molecule has 29 heavy (non-hydrogen) atoms. The molecule has 7 nitrogen and oxygen atoms in total. The topological polar surface area (TPSA) is 91.8 Å². The number of hydrogen-bond acceptors (Lipinski definition) is 3. The number of nitrogens with one attached hydrogen (secondary N) is 3. The van der Waals surface area contributed by atoms with E-state index in [9.17, 15) is 9.59 Å². The molecule has 0 atom stereocenters. The van der Waals surface area contributed by atoms with Crippen molar-refractivity contribution in [3.05, 3.63) is 59.0 Å². The minimum absolute atomic E-state index is 0.263. The molecule has 2 amide bonds. The van der Waals surface area contributed by atoms with Crippen LogP contribution in [0, 0.1) is 0 Å². The van der Waals surface area contributed by atoms with Crippen LogP contribution in [-0.2, 0) is 7.05 Å². The van der Waals surface area contributed by atoms with Gasteiger partial charge in [-0.15, -0.1) is 0 Å². The van der Waals surface area contributed by atoms with Gasteiger partial charge in [0.1, 0.15) is 5.69 Å². The number of carbonyl (C=O) groups is 1. The maximum absolute atomic E-state index is 12.8. The van der Waals surface area contributed by atoms with Crippen molar-refractivity contribution in [2.24, 2.45) is 7.05 Å². The smallest absolute Gasteiger partial charge is 0.319 e. The predicted octanol–water partition coefficient (Wildman–Crippen LogP) is 4.00. The van der Waals surface area contributed by atoms with Gasteiger partial charge in [-0.05, 0) is 30.7 Å².